The number of nitrogens with zero attached hydrogens (tertiary/aromatic N) is 1. The molecule has 2 unspecified atom stereocenters. The molecule has 2 atom stereocenters. The maximum Gasteiger partial charge on any atom is 0.0105 e. The molecule has 0 aliphatic carbocycles. The largest absolute Gasteiger partial charge is 0.314 e. The first-order chi connectivity index (χ1) is 5.61. The van der Waals surface area contributed by atoms with Gasteiger partial charge in [-0.15, -0.1) is 0 Å². The Morgan fingerprint density at radius 1 is 1.50 bits per heavy atom. The van der Waals surface area contributed by atoms with Crippen molar-refractivity contribution in [2.75, 3.05) is 20.1 Å². The molecule has 1 saturated heterocycles. The Kier molecular flexibility index (Phi) is 3.53. The van der Waals surface area contributed by atoms with Crippen LogP contribution in [-0.2, 0) is 0 Å². The van der Waals surface area contributed by atoms with Crippen LogP contribution in [0.1, 0.15) is 27.2 Å². The lowest BCUT2D eigenvalue weighted by atomic mass is 10.0. The fourth-order valence-electron chi connectivity index (χ4n) is 1.83. The van der Waals surface area contributed by atoms with Crippen molar-refractivity contribution >= 4 is 0 Å². The van der Waals surface area contributed by atoms with Crippen LogP contribution in [0.3, 0.4) is 0 Å². The molecule has 1 N–H and O–H groups in total. The van der Waals surface area contributed by atoms with Crippen molar-refractivity contribution in [1.29, 1.82) is 0 Å². The van der Waals surface area contributed by atoms with Crippen LogP contribution in [0, 0.1) is 5.92 Å². The highest BCUT2D eigenvalue weighted by Gasteiger charge is 2.27. The first kappa shape index (κ1) is 10.0. The quantitative estimate of drug-likeness (QED) is 0.687. The van der Waals surface area contributed by atoms with Crippen molar-refractivity contribution < 1.29 is 0 Å². The molecule has 12 heavy (non-hydrogen) atoms. The highest BCUT2D eigenvalue weighted by atomic mass is 15.2. The van der Waals surface area contributed by atoms with Gasteiger partial charge in [-0.25, -0.2) is 0 Å². The third-order valence-electron chi connectivity index (χ3n) is 3.02. The van der Waals surface area contributed by atoms with Crippen molar-refractivity contribution in [3.8, 4) is 0 Å². The van der Waals surface area contributed by atoms with E-state index >= 15 is 0 Å². The maximum absolute atomic E-state index is 3.51. The second-order valence-corrected chi connectivity index (χ2v) is 4.33. The van der Waals surface area contributed by atoms with Crippen molar-refractivity contribution in [2.45, 2.75) is 39.3 Å². The van der Waals surface area contributed by atoms with Gasteiger partial charge in [-0.1, -0.05) is 13.8 Å². The lowest BCUT2D eigenvalue weighted by Crippen LogP contribution is -2.34. The van der Waals surface area contributed by atoms with Gasteiger partial charge in [-0.3, -0.25) is 0 Å². The summed E-state index contributed by atoms with van der Waals surface area (Å²) in [6.45, 7) is 9.21. The lowest BCUT2D eigenvalue weighted by Gasteiger charge is -2.21. The van der Waals surface area contributed by atoms with Crippen molar-refractivity contribution in [1.82, 2.24) is 10.2 Å². The second kappa shape index (κ2) is 4.24. The predicted molar refractivity (Wildman–Crippen MR) is 53.3 cm³/mol. The molecule has 2 nitrogen and oxygen atoms in total. The SMILES string of the molecule is CC(C)NCC1CCN(C)C1C. The standard InChI is InChI=1S/C10H22N2/c1-8(2)11-7-10-5-6-12(4)9(10)3/h8-11H,5-7H2,1-4H3. The van der Waals surface area contributed by atoms with Crippen LogP contribution < -0.4 is 5.32 Å². The van der Waals surface area contributed by atoms with Crippen LogP contribution in [0.15, 0.2) is 0 Å². The second-order valence-electron chi connectivity index (χ2n) is 4.33. The van der Waals surface area contributed by atoms with Crippen LogP contribution in [-0.4, -0.2) is 37.1 Å². The molecule has 1 rings (SSSR count). The van der Waals surface area contributed by atoms with Gasteiger partial charge in [0.25, 0.3) is 0 Å². The van der Waals surface area contributed by atoms with E-state index in [1.165, 1.54) is 19.5 Å². The van der Waals surface area contributed by atoms with E-state index < -0.39 is 0 Å². The third kappa shape index (κ3) is 2.46. The summed E-state index contributed by atoms with van der Waals surface area (Å²) in [5.41, 5.74) is 0. The van der Waals surface area contributed by atoms with Gasteiger partial charge in [0, 0.05) is 12.1 Å². The highest BCUT2D eigenvalue weighted by Crippen LogP contribution is 2.21. The topological polar surface area (TPSA) is 15.3 Å². The summed E-state index contributed by atoms with van der Waals surface area (Å²) in [6, 6.07) is 1.39. The van der Waals surface area contributed by atoms with Crippen molar-refractivity contribution in [3.05, 3.63) is 0 Å². The number of nitrogens with one attached hydrogen (secondary N) is 1. The van der Waals surface area contributed by atoms with Crippen molar-refractivity contribution in [2.24, 2.45) is 5.92 Å². The Labute approximate surface area is 76.3 Å². The Hall–Kier alpha value is -0.0800. The first-order valence-corrected chi connectivity index (χ1v) is 5.05. The molecule has 2 heteroatoms. The van der Waals surface area contributed by atoms with Gasteiger partial charge in [-0.05, 0) is 39.4 Å². The van der Waals surface area contributed by atoms with E-state index in [2.05, 4.69) is 38.0 Å². The summed E-state index contributed by atoms with van der Waals surface area (Å²) >= 11 is 0. The zero-order chi connectivity index (χ0) is 9.14. The van der Waals surface area contributed by atoms with E-state index in [1.807, 2.05) is 0 Å². The molecule has 72 valence electrons. The molecule has 0 aromatic carbocycles. The summed E-state index contributed by atoms with van der Waals surface area (Å²) in [5.74, 6) is 0.859. The Morgan fingerprint density at radius 3 is 2.58 bits per heavy atom. The van der Waals surface area contributed by atoms with Gasteiger partial charge < -0.3 is 10.2 Å². The molecule has 1 aliphatic rings. The molecule has 1 aliphatic heterocycles. The van der Waals surface area contributed by atoms with Gasteiger partial charge in [0.05, 0.1) is 0 Å². The normalized spacial score (nSPS) is 31.8. The van der Waals surface area contributed by atoms with Gasteiger partial charge in [0.1, 0.15) is 0 Å². The van der Waals surface area contributed by atoms with E-state index in [0.717, 1.165) is 12.0 Å². The lowest BCUT2D eigenvalue weighted by molar-refractivity contribution is 0.284. The van der Waals surface area contributed by atoms with E-state index in [0.29, 0.717) is 6.04 Å². The summed E-state index contributed by atoms with van der Waals surface area (Å²) in [6.07, 6.45) is 1.36. The van der Waals surface area contributed by atoms with Gasteiger partial charge in [-0.2, -0.15) is 0 Å². The Balaban J connectivity index is 2.24. The van der Waals surface area contributed by atoms with Crippen LogP contribution in [0.4, 0.5) is 0 Å². The molecule has 0 aromatic rings. The van der Waals surface area contributed by atoms with Gasteiger partial charge >= 0.3 is 0 Å². The minimum absolute atomic E-state index is 0.628. The fraction of sp³-hybridized carbons (Fsp3) is 1.00. The Morgan fingerprint density at radius 2 is 2.17 bits per heavy atom. The molecule has 0 aromatic heterocycles. The summed E-state index contributed by atoms with van der Waals surface area (Å²) < 4.78 is 0. The van der Waals surface area contributed by atoms with Crippen LogP contribution in [0.2, 0.25) is 0 Å². The number of hydrogen-bond acceptors (Lipinski definition) is 2. The zero-order valence-corrected chi connectivity index (χ0v) is 8.80. The van der Waals surface area contributed by atoms with Gasteiger partial charge in [0.15, 0.2) is 0 Å². The molecule has 0 saturated carbocycles. The predicted octanol–water partition coefficient (Wildman–Crippen LogP) is 1.32. The summed E-state index contributed by atoms with van der Waals surface area (Å²) in [5, 5.41) is 3.51. The highest BCUT2D eigenvalue weighted by molar-refractivity contribution is 4.83. The van der Waals surface area contributed by atoms with E-state index in [1.54, 1.807) is 0 Å². The molecule has 0 spiro atoms. The van der Waals surface area contributed by atoms with E-state index in [9.17, 15) is 0 Å². The average molecular weight is 170 g/mol. The zero-order valence-electron chi connectivity index (χ0n) is 8.80. The van der Waals surface area contributed by atoms with Crippen LogP contribution in [0.25, 0.3) is 0 Å². The average Bonchev–Trinajstić information content (AvgIpc) is 2.30. The summed E-state index contributed by atoms with van der Waals surface area (Å²) in [4.78, 5) is 2.45. The molecular weight excluding hydrogens is 148 g/mol. The smallest absolute Gasteiger partial charge is 0.0105 e. The van der Waals surface area contributed by atoms with Gasteiger partial charge in [0.2, 0.25) is 0 Å². The van der Waals surface area contributed by atoms with Crippen LogP contribution >= 0.6 is 0 Å². The molecular formula is C10H22N2. The molecule has 1 heterocycles. The maximum atomic E-state index is 3.51. The monoisotopic (exact) mass is 170 g/mol. The Bertz CT molecular complexity index is 134. The molecule has 0 amide bonds. The number of hydrogen-bond donors (Lipinski definition) is 1. The van der Waals surface area contributed by atoms with E-state index in [4.69, 9.17) is 0 Å². The first-order valence-electron chi connectivity index (χ1n) is 5.05. The molecule has 0 bridgehead atoms. The van der Waals surface area contributed by atoms with Crippen LogP contribution in [0.5, 0.6) is 0 Å². The fourth-order valence-corrected chi connectivity index (χ4v) is 1.83. The van der Waals surface area contributed by atoms with Crippen molar-refractivity contribution in [3.63, 3.8) is 0 Å². The van der Waals surface area contributed by atoms with E-state index in [-0.39, 0.29) is 0 Å². The molecule has 1 fully saturated rings. The minimum Gasteiger partial charge on any atom is -0.314 e. The summed E-state index contributed by atoms with van der Waals surface area (Å²) in [7, 11) is 2.22. The third-order valence-corrected chi connectivity index (χ3v) is 3.02. The number of rotatable bonds is 3. The minimum atomic E-state index is 0.628. The molecule has 0 radical (unpaired) electrons. The number of likely N-dealkylation sites (tertiary alicyclic amines) is 1.